The Labute approximate surface area is 93.8 Å². The molecule has 0 spiro atoms. The van der Waals surface area contributed by atoms with Crippen LogP contribution in [0, 0.1) is 0 Å². The number of hydrogen-bond donors (Lipinski definition) is 0. The minimum Gasteiger partial charge on any atom is -0.378 e. The minimum atomic E-state index is 0.781. The highest BCUT2D eigenvalue weighted by Crippen LogP contribution is 2.20. The zero-order valence-electron chi connectivity index (χ0n) is 9.14. The second kappa shape index (κ2) is 4.85. The van der Waals surface area contributed by atoms with Crippen LogP contribution in [0.1, 0.15) is 6.92 Å². The summed E-state index contributed by atoms with van der Waals surface area (Å²) in [5.74, 6) is 1.98. The summed E-state index contributed by atoms with van der Waals surface area (Å²) in [6.45, 7) is 5.49. The third-order valence-corrected chi connectivity index (χ3v) is 3.28. The van der Waals surface area contributed by atoms with Gasteiger partial charge in [-0.15, -0.1) is 10.2 Å². The highest BCUT2D eigenvalue weighted by atomic mass is 32.2. The van der Waals surface area contributed by atoms with Gasteiger partial charge in [-0.2, -0.15) is 0 Å². The van der Waals surface area contributed by atoms with Crippen molar-refractivity contribution in [2.24, 2.45) is 7.05 Å². The van der Waals surface area contributed by atoms with Crippen molar-refractivity contribution in [2.45, 2.75) is 12.1 Å². The molecule has 0 bridgehead atoms. The molecule has 1 aromatic heterocycles. The second-order valence-electron chi connectivity index (χ2n) is 3.37. The summed E-state index contributed by atoms with van der Waals surface area (Å²) in [7, 11) is 2.02. The lowest BCUT2D eigenvalue weighted by Gasteiger charge is -2.27. The molecule has 0 unspecified atom stereocenters. The van der Waals surface area contributed by atoms with E-state index in [1.54, 1.807) is 11.8 Å². The molecule has 84 valence electrons. The molecule has 1 saturated heterocycles. The van der Waals surface area contributed by atoms with Gasteiger partial charge in [0, 0.05) is 20.1 Å². The molecule has 2 rings (SSSR count). The number of morpholine rings is 1. The van der Waals surface area contributed by atoms with Crippen LogP contribution < -0.4 is 4.90 Å². The van der Waals surface area contributed by atoms with Crippen LogP contribution in [0.25, 0.3) is 0 Å². The fourth-order valence-electron chi connectivity index (χ4n) is 1.60. The summed E-state index contributed by atoms with van der Waals surface area (Å²) >= 11 is 1.72. The first-order valence-corrected chi connectivity index (χ1v) is 6.16. The number of rotatable bonds is 3. The predicted molar refractivity (Wildman–Crippen MR) is 60.4 cm³/mol. The number of thioether (sulfide) groups is 1. The maximum Gasteiger partial charge on any atom is 0.227 e. The first-order chi connectivity index (χ1) is 7.33. The lowest BCUT2D eigenvalue weighted by atomic mass is 10.4. The maximum absolute atomic E-state index is 5.31. The van der Waals surface area contributed by atoms with Gasteiger partial charge in [-0.1, -0.05) is 18.7 Å². The first kappa shape index (κ1) is 10.8. The smallest absolute Gasteiger partial charge is 0.227 e. The van der Waals surface area contributed by atoms with Crippen molar-refractivity contribution >= 4 is 17.7 Å². The van der Waals surface area contributed by atoms with Crippen LogP contribution >= 0.6 is 11.8 Å². The monoisotopic (exact) mass is 228 g/mol. The van der Waals surface area contributed by atoms with Gasteiger partial charge in [-0.25, -0.2) is 0 Å². The fourth-order valence-corrected chi connectivity index (χ4v) is 2.23. The quantitative estimate of drug-likeness (QED) is 0.715. The van der Waals surface area contributed by atoms with E-state index in [0.717, 1.165) is 43.2 Å². The Bertz CT molecular complexity index is 322. The summed E-state index contributed by atoms with van der Waals surface area (Å²) in [6.07, 6.45) is 0. The van der Waals surface area contributed by atoms with Crippen LogP contribution in [0.3, 0.4) is 0 Å². The van der Waals surface area contributed by atoms with E-state index in [9.17, 15) is 0 Å². The largest absolute Gasteiger partial charge is 0.378 e. The number of hydrogen-bond acceptors (Lipinski definition) is 5. The topological polar surface area (TPSA) is 43.2 Å². The van der Waals surface area contributed by atoms with Crippen LogP contribution in [0.4, 0.5) is 5.95 Å². The van der Waals surface area contributed by atoms with Gasteiger partial charge in [-0.3, -0.25) is 4.57 Å². The highest BCUT2D eigenvalue weighted by Gasteiger charge is 2.17. The van der Waals surface area contributed by atoms with E-state index in [0.29, 0.717) is 0 Å². The van der Waals surface area contributed by atoms with Crippen molar-refractivity contribution in [3.63, 3.8) is 0 Å². The third kappa shape index (κ3) is 2.26. The maximum atomic E-state index is 5.31. The molecule has 0 atom stereocenters. The highest BCUT2D eigenvalue weighted by molar-refractivity contribution is 7.99. The van der Waals surface area contributed by atoms with Crippen molar-refractivity contribution in [1.82, 2.24) is 14.8 Å². The molecule has 0 N–H and O–H groups in total. The summed E-state index contributed by atoms with van der Waals surface area (Å²) in [4.78, 5) is 2.22. The Morgan fingerprint density at radius 1 is 1.33 bits per heavy atom. The van der Waals surface area contributed by atoms with Crippen LogP contribution in [-0.2, 0) is 11.8 Å². The van der Waals surface area contributed by atoms with Gasteiger partial charge < -0.3 is 9.64 Å². The SMILES string of the molecule is CCSc1nnc(N2CCOCC2)n1C. The Balaban J connectivity index is 2.13. The molecule has 0 amide bonds. The van der Waals surface area contributed by atoms with E-state index < -0.39 is 0 Å². The molecule has 15 heavy (non-hydrogen) atoms. The second-order valence-corrected chi connectivity index (χ2v) is 4.61. The van der Waals surface area contributed by atoms with Gasteiger partial charge in [-0.05, 0) is 5.75 Å². The van der Waals surface area contributed by atoms with Crippen LogP contribution in [-0.4, -0.2) is 46.8 Å². The average molecular weight is 228 g/mol. The zero-order chi connectivity index (χ0) is 10.7. The van der Waals surface area contributed by atoms with Gasteiger partial charge in [0.2, 0.25) is 5.95 Å². The molecule has 0 aliphatic carbocycles. The van der Waals surface area contributed by atoms with Gasteiger partial charge in [0.25, 0.3) is 0 Å². The predicted octanol–water partition coefficient (Wildman–Crippen LogP) is 0.764. The van der Waals surface area contributed by atoms with E-state index in [1.807, 2.05) is 7.05 Å². The molecular weight excluding hydrogens is 212 g/mol. The van der Waals surface area contributed by atoms with E-state index in [1.165, 1.54) is 0 Å². The molecule has 0 saturated carbocycles. The van der Waals surface area contributed by atoms with Crippen molar-refractivity contribution < 1.29 is 4.74 Å². The Morgan fingerprint density at radius 3 is 2.73 bits per heavy atom. The number of anilines is 1. The fraction of sp³-hybridized carbons (Fsp3) is 0.778. The molecule has 0 radical (unpaired) electrons. The Morgan fingerprint density at radius 2 is 2.07 bits per heavy atom. The third-order valence-electron chi connectivity index (χ3n) is 2.38. The molecule has 1 fully saturated rings. The Kier molecular flexibility index (Phi) is 3.48. The lowest BCUT2D eigenvalue weighted by molar-refractivity contribution is 0.121. The van der Waals surface area contributed by atoms with E-state index in [-0.39, 0.29) is 0 Å². The van der Waals surface area contributed by atoms with Crippen LogP contribution in [0.5, 0.6) is 0 Å². The average Bonchev–Trinajstić information content (AvgIpc) is 2.63. The molecule has 2 heterocycles. The summed E-state index contributed by atoms with van der Waals surface area (Å²) in [5.41, 5.74) is 0. The molecule has 1 aliphatic rings. The van der Waals surface area contributed by atoms with Crippen molar-refractivity contribution in [2.75, 3.05) is 37.0 Å². The van der Waals surface area contributed by atoms with Gasteiger partial charge in [0.1, 0.15) is 0 Å². The molecule has 6 heteroatoms. The van der Waals surface area contributed by atoms with Crippen LogP contribution in [0.15, 0.2) is 5.16 Å². The standard InChI is InChI=1S/C9H16N4OS/c1-3-15-9-11-10-8(12(9)2)13-4-6-14-7-5-13/h3-7H2,1-2H3. The number of aromatic nitrogens is 3. The van der Waals surface area contributed by atoms with Gasteiger partial charge in [0.05, 0.1) is 13.2 Å². The van der Waals surface area contributed by atoms with E-state index in [4.69, 9.17) is 4.74 Å². The van der Waals surface area contributed by atoms with Crippen LogP contribution in [0.2, 0.25) is 0 Å². The molecule has 5 nitrogen and oxygen atoms in total. The van der Waals surface area contributed by atoms with Crippen molar-refractivity contribution in [3.05, 3.63) is 0 Å². The van der Waals surface area contributed by atoms with Gasteiger partial charge in [0.15, 0.2) is 5.16 Å². The molecule has 1 aromatic rings. The van der Waals surface area contributed by atoms with Gasteiger partial charge >= 0.3 is 0 Å². The zero-order valence-corrected chi connectivity index (χ0v) is 9.96. The molecular formula is C9H16N4OS. The lowest BCUT2D eigenvalue weighted by Crippen LogP contribution is -2.37. The molecule has 0 aromatic carbocycles. The number of ether oxygens (including phenoxy) is 1. The number of nitrogens with zero attached hydrogens (tertiary/aromatic N) is 4. The normalized spacial score (nSPS) is 17.1. The van der Waals surface area contributed by atoms with E-state index in [2.05, 4.69) is 26.6 Å². The first-order valence-electron chi connectivity index (χ1n) is 5.17. The summed E-state index contributed by atoms with van der Waals surface area (Å²) in [6, 6.07) is 0. The van der Waals surface area contributed by atoms with E-state index >= 15 is 0 Å². The molecule has 1 aliphatic heterocycles. The van der Waals surface area contributed by atoms with Crippen molar-refractivity contribution in [1.29, 1.82) is 0 Å². The summed E-state index contributed by atoms with van der Waals surface area (Å²) in [5, 5.41) is 9.38. The van der Waals surface area contributed by atoms with Crippen molar-refractivity contribution in [3.8, 4) is 0 Å². The minimum absolute atomic E-state index is 0.781. The Hall–Kier alpha value is -0.750. The summed E-state index contributed by atoms with van der Waals surface area (Å²) < 4.78 is 7.37.